The van der Waals surface area contributed by atoms with Crippen molar-refractivity contribution < 1.29 is 8.42 Å². The molecule has 0 spiro atoms. The molecule has 0 aromatic carbocycles. The highest BCUT2D eigenvalue weighted by atomic mass is 32.2. The fourth-order valence-corrected chi connectivity index (χ4v) is 6.61. The van der Waals surface area contributed by atoms with Crippen molar-refractivity contribution in [1.29, 1.82) is 0 Å². The molecule has 7 heteroatoms. The van der Waals surface area contributed by atoms with Gasteiger partial charge in [0.2, 0.25) is 0 Å². The molecule has 0 amide bonds. The van der Waals surface area contributed by atoms with Crippen LogP contribution in [0.1, 0.15) is 40.0 Å². The van der Waals surface area contributed by atoms with Crippen LogP contribution in [-0.4, -0.2) is 67.5 Å². The van der Waals surface area contributed by atoms with Crippen LogP contribution in [0.25, 0.3) is 0 Å². The highest BCUT2D eigenvalue weighted by molar-refractivity contribution is 8.00. The standard InChI is InChI=1S/C16H31N3O2S2/c1-4-16(5-2)13-19(8-9-22-16)15(17-6-3)18-11-14-7-10-23(20,21)12-14/h14H,4-13H2,1-3H3,(H,17,18). The molecule has 0 aliphatic carbocycles. The molecule has 2 heterocycles. The lowest BCUT2D eigenvalue weighted by molar-refractivity contribution is 0.339. The summed E-state index contributed by atoms with van der Waals surface area (Å²) < 4.78 is 23.5. The van der Waals surface area contributed by atoms with Crippen LogP contribution in [-0.2, 0) is 9.84 Å². The first-order chi connectivity index (χ1) is 10.9. The van der Waals surface area contributed by atoms with Gasteiger partial charge in [-0.15, -0.1) is 0 Å². The molecule has 2 rings (SSSR count). The Morgan fingerprint density at radius 3 is 2.65 bits per heavy atom. The molecule has 0 aromatic rings. The summed E-state index contributed by atoms with van der Waals surface area (Å²) >= 11 is 2.09. The van der Waals surface area contributed by atoms with Gasteiger partial charge in [0.05, 0.1) is 11.5 Å². The lowest BCUT2D eigenvalue weighted by atomic mass is 10.0. The van der Waals surface area contributed by atoms with E-state index in [-0.39, 0.29) is 5.92 Å². The number of rotatable bonds is 5. The van der Waals surface area contributed by atoms with E-state index in [9.17, 15) is 8.42 Å². The number of thioether (sulfide) groups is 1. The summed E-state index contributed by atoms with van der Waals surface area (Å²) in [6.45, 7) is 10.1. The van der Waals surface area contributed by atoms with Crippen LogP contribution in [0.2, 0.25) is 0 Å². The van der Waals surface area contributed by atoms with Crippen molar-refractivity contribution in [2.75, 3.05) is 43.4 Å². The third kappa shape index (κ3) is 5.02. The van der Waals surface area contributed by atoms with E-state index < -0.39 is 9.84 Å². The molecule has 0 radical (unpaired) electrons. The monoisotopic (exact) mass is 361 g/mol. The second-order valence-electron chi connectivity index (χ2n) is 6.62. The van der Waals surface area contributed by atoms with Gasteiger partial charge in [-0.2, -0.15) is 11.8 Å². The Kier molecular flexibility index (Phi) is 6.66. The second-order valence-corrected chi connectivity index (χ2v) is 10.4. The van der Waals surface area contributed by atoms with Gasteiger partial charge in [-0.3, -0.25) is 4.99 Å². The predicted molar refractivity (Wildman–Crippen MR) is 100 cm³/mol. The Morgan fingerprint density at radius 2 is 2.09 bits per heavy atom. The summed E-state index contributed by atoms with van der Waals surface area (Å²) in [4.78, 5) is 7.15. The highest BCUT2D eigenvalue weighted by Crippen LogP contribution is 2.36. The van der Waals surface area contributed by atoms with Crippen molar-refractivity contribution in [3.05, 3.63) is 0 Å². The molecule has 0 bridgehead atoms. The van der Waals surface area contributed by atoms with Gasteiger partial charge in [-0.05, 0) is 32.1 Å². The summed E-state index contributed by atoms with van der Waals surface area (Å²) in [6.07, 6.45) is 3.10. The van der Waals surface area contributed by atoms with E-state index in [1.165, 1.54) is 12.8 Å². The highest BCUT2D eigenvalue weighted by Gasteiger charge is 2.34. The van der Waals surface area contributed by atoms with Crippen molar-refractivity contribution in [3.8, 4) is 0 Å². The van der Waals surface area contributed by atoms with E-state index in [2.05, 4.69) is 42.7 Å². The van der Waals surface area contributed by atoms with Crippen LogP contribution in [0.15, 0.2) is 4.99 Å². The molecule has 2 aliphatic heterocycles. The minimum atomic E-state index is -2.81. The predicted octanol–water partition coefficient (Wildman–Crippen LogP) is 1.99. The van der Waals surface area contributed by atoms with Gasteiger partial charge in [0.1, 0.15) is 0 Å². The van der Waals surface area contributed by atoms with E-state index in [0.29, 0.717) is 22.8 Å². The lowest BCUT2D eigenvalue weighted by Crippen LogP contribution is -2.52. The minimum Gasteiger partial charge on any atom is -0.357 e. The molecule has 1 atom stereocenters. The van der Waals surface area contributed by atoms with Crippen molar-refractivity contribution in [1.82, 2.24) is 10.2 Å². The molecule has 2 saturated heterocycles. The molecule has 134 valence electrons. The Morgan fingerprint density at radius 1 is 1.35 bits per heavy atom. The Balaban J connectivity index is 2.03. The average Bonchev–Trinajstić information content (AvgIpc) is 2.90. The van der Waals surface area contributed by atoms with Gasteiger partial charge in [0.15, 0.2) is 15.8 Å². The molecule has 0 saturated carbocycles. The molecule has 5 nitrogen and oxygen atoms in total. The van der Waals surface area contributed by atoms with Crippen LogP contribution in [0.3, 0.4) is 0 Å². The smallest absolute Gasteiger partial charge is 0.193 e. The summed E-state index contributed by atoms with van der Waals surface area (Å²) in [5.41, 5.74) is 0. The van der Waals surface area contributed by atoms with Crippen molar-refractivity contribution >= 4 is 27.6 Å². The maximum absolute atomic E-state index is 11.6. The first kappa shape index (κ1) is 18.9. The maximum atomic E-state index is 11.6. The number of hydrogen-bond donors (Lipinski definition) is 1. The largest absolute Gasteiger partial charge is 0.357 e. The van der Waals surface area contributed by atoms with Gasteiger partial charge in [0, 0.05) is 36.7 Å². The number of nitrogens with one attached hydrogen (secondary N) is 1. The molecular weight excluding hydrogens is 330 g/mol. The van der Waals surface area contributed by atoms with Crippen molar-refractivity contribution in [2.24, 2.45) is 10.9 Å². The number of nitrogens with zero attached hydrogens (tertiary/aromatic N) is 2. The topological polar surface area (TPSA) is 61.8 Å². The molecular formula is C16H31N3O2S2. The zero-order valence-corrected chi connectivity index (χ0v) is 16.3. The van der Waals surface area contributed by atoms with E-state index in [0.717, 1.165) is 37.8 Å². The number of hydrogen-bond acceptors (Lipinski definition) is 4. The molecule has 2 fully saturated rings. The zero-order valence-electron chi connectivity index (χ0n) is 14.7. The summed E-state index contributed by atoms with van der Waals surface area (Å²) in [6, 6.07) is 0. The lowest BCUT2D eigenvalue weighted by Gasteiger charge is -2.42. The number of guanidine groups is 1. The number of sulfone groups is 1. The van der Waals surface area contributed by atoms with E-state index in [4.69, 9.17) is 4.99 Å². The first-order valence-electron chi connectivity index (χ1n) is 8.81. The average molecular weight is 362 g/mol. The van der Waals surface area contributed by atoms with E-state index >= 15 is 0 Å². The third-order valence-electron chi connectivity index (χ3n) is 5.00. The Hall–Kier alpha value is -0.430. The normalized spacial score (nSPS) is 27.2. The van der Waals surface area contributed by atoms with Crippen LogP contribution in [0.4, 0.5) is 0 Å². The fourth-order valence-electron chi connectivity index (χ4n) is 3.36. The molecule has 1 N–H and O–H groups in total. The minimum absolute atomic E-state index is 0.190. The summed E-state index contributed by atoms with van der Waals surface area (Å²) in [5.74, 6) is 2.92. The molecule has 23 heavy (non-hydrogen) atoms. The van der Waals surface area contributed by atoms with Crippen molar-refractivity contribution in [3.63, 3.8) is 0 Å². The van der Waals surface area contributed by atoms with Gasteiger partial charge in [-0.1, -0.05) is 13.8 Å². The van der Waals surface area contributed by atoms with Crippen LogP contribution < -0.4 is 5.32 Å². The molecule has 1 unspecified atom stereocenters. The summed E-state index contributed by atoms with van der Waals surface area (Å²) in [7, 11) is -2.81. The second kappa shape index (κ2) is 8.10. The fraction of sp³-hybridized carbons (Fsp3) is 0.938. The van der Waals surface area contributed by atoms with Gasteiger partial charge < -0.3 is 10.2 Å². The number of aliphatic imine (C=N–C) groups is 1. The zero-order chi connectivity index (χ0) is 16.9. The summed E-state index contributed by atoms with van der Waals surface area (Å²) in [5, 5.41) is 3.40. The SMILES string of the molecule is CCNC(=NCC1CCS(=O)(=O)C1)N1CCSC(CC)(CC)C1. The quantitative estimate of drug-likeness (QED) is 0.599. The molecule has 2 aliphatic rings. The van der Waals surface area contributed by atoms with E-state index in [1.807, 2.05) is 0 Å². The van der Waals surface area contributed by atoms with Gasteiger partial charge in [-0.25, -0.2) is 8.42 Å². The Bertz CT molecular complexity index is 515. The van der Waals surface area contributed by atoms with Crippen LogP contribution >= 0.6 is 11.8 Å². The van der Waals surface area contributed by atoms with Crippen LogP contribution in [0, 0.1) is 5.92 Å². The van der Waals surface area contributed by atoms with E-state index in [1.54, 1.807) is 0 Å². The van der Waals surface area contributed by atoms with Gasteiger partial charge in [0.25, 0.3) is 0 Å². The molecule has 0 aromatic heterocycles. The van der Waals surface area contributed by atoms with Crippen molar-refractivity contribution in [2.45, 2.75) is 44.8 Å². The van der Waals surface area contributed by atoms with Crippen LogP contribution in [0.5, 0.6) is 0 Å². The Labute approximate surface area is 145 Å². The maximum Gasteiger partial charge on any atom is 0.193 e. The third-order valence-corrected chi connectivity index (χ3v) is 8.54. The first-order valence-corrected chi connectivity index (χ1v) is 11.6. The van der Waals surface area contributed by atoms with Gasteiger partial charge >= 0.3 is 0 Å².